The van der Waals surface area contributed by atoms with E-state index in [2.05, 4.69) is 190 Å². The van der Waals surface area contributed by atoms with Crippen molar-refractivity contribution < 1.29 is 5.11 Å². The molecule has 0 aliphatic rings. The van der Waals surface area contributed by atoms with Crippen LogP contribution in [0.15, 0.2) is 145 Å². The van der Waals surface area contributed by atoms with Crippen LogP contribution in [0.5, 0.6) is 5.75 Å². The van der Waals surface area contributed by atoms with Gasteiger partial charge in [0.1, 0.15) is 11.6 Å². The Labute approximate surface area is 317 Å². The largest absolute Gasteiger partial charge is 0.507 e. The summed E-state index contributed by atoms with van der Waals surface area (Å²) in [6.07, 6.45) is 1.58. The van der Waals surface area contributed by atoms with Crippen molar-refractivity contribution in [3.8, 4) is 39.6 Å². The second-order valence-corrected chi connectivity index (χ2v) is 16.2. The summed E-state index contributed by atoms with van der Waals surface area (Å²) < 4.78 is 4.57. The van der Waals surface area contributed by atoms with E-state index in [4.69, 9.17) is 4.98 Å². The highest BCUT2D eigenvalue weighted by atomic mass is 16.3. The minimum atomic E-state index is -0.303. The fourth-order valence-electron chi connectivity index (χ4n) is 7.66. The number of rotatable bonds is 6. The van der Waals surface area contributed by atoms with Crippen LogP contribution in [0.25, 0.3) is 66.7 Å². The summed E-state index contributed by atoms with van der Waals surface area (Å²) >= 11 is 0. The molecule has 8 rings (SSSR count). The second kappa shape index (κ2) is 13.0. The number of phenols is 1. The molecule has 0 atom stereocenters. The van der Waals surface area contributed by atoms with Gasteiger partial charge in [-0.3, -0.25) is 9.56 Å². The van der Waals surface area contributed by atoms with Gasteiger partial charge in [-0.2, -0.15) is 0 Å². The van der Waals surface area contributed by atoms with Crippen LogP contribution in [0.2, 0.25) is 0 Å². The number of phenolic OH excluding ortho intramolecular Hbond substituents is 1. The number of aromatic nitrogens is 3. The molecule has 0 amide bonds. The first kappa shape index (κ1) is 34.9. The standard InChI is InChI=1S/C49H46N4O/c1-9-50-31(2)32-17-15-18-33(27-32)37-22-16-24-43-45(37)51-47(40-28-34(48(3,4)5)29-41(46(40)54)49(6,7)8)53(43)36-25-26-39-38-21-13-14-23-42(38)52(44(39)30-36)35-19-11-10-12-20-35/h9-30,54H,1H2,2-8H3. The van der Waals surface area contributed by atoms with Gasteiger partial charge in [-0.25, -0.2) is 4.98 Å². The van der Waals surface area contributed by atoms with Crippen molar-refractivity contribution >= 4 is 38.6 Å². The van der Waals surface area contributed by atoms with E-state index in [0.29, 0.717) is 11.4 Å². The van der Waals surface area contributed by atoms with Gasteiger partial charge in [0, 0.05) is 45.2 Å². The quantitative estimate of drug-likeness (QED) is 0.175. The molecule has 5 nitrogen and oxygen atoms in total. The molecule has 6 aromatic carbocycles. The molecule has 2 aromatic heterocycles. The van der Waals surface area contributed by atoms with Crippen molar-refractivity contribution in [3.05, 3.63) is 157 Å². The van der Waals surface area contributed by atoms with Crippen LogP contribution in [-0.4, -0.2) is 24.9 Å². The normalized spacial score (nSPS) is 12.6. The smallest absolute Gasteiger partial charge is 0.149 e. The molecule has 0 bridgehead atoms. The lowest BCUT2D eigenvalue weighted by atomic mass is 9.79. The Morgan fingerprint density at radius 2 is 1.35 bits per heavy atom. The Morgan fingerprint density at radius 3 is 2.09 bits per heavy atom. The number of hydrogen-bond acceptors (Lipinski definition) is 3. The highest BCUT2D eigenvalue weighted by Crippen LogP contribution is 2.45. The number of aliphatic imine (C=N–C) groups is 1. The molecule has 0 aliphatic carbocycles. The number of imidazole rings is 1. The van der Waals surface area contributed by atoms with E-state index in [0.717, 1.165) is 67.0 Å². The average molecular weight is 707 g/mol. The average Bonchev–Trinajstić information content (AvgIpc) is 3.70. The SMILES string of the molecule is C=CN=C(C)c1cccc(-c2cccc3c2nc(-c2cc(C(C)(C)C)cc(C(C)(C)C)c2O)n3-c2ccc3c4ccccc4n(-c4ccccc4)c3c2)c1. The summed E-state index contributed by atoms with van der Waals surface area (Å²) in [6.45, 7) is 18.9. The monoisotopic (exact) mass is 706 g/mol. The molecule has 268 valence electrons. The van der Waals surface area contributed by atoms with E-state index in [1.165, 1.54) is 10.8 Å². The maximum Gasteiger partial charge on any atom is 0.149 e. The van der Waals surface area contributed by atoms with Crippen LogP contribution in [0.3, 0.4) is 0 Å². The number of hydrogen-bond donors (Lipinski definition) is 1. The Balaban J connectivity index is 1.48. The zero-order valence-electron chi connectivity index (χ0n) is 32.1. The predicted molar refractivity (Wildman–Crippen MR) is 228 cm³/mol. The first-order valence-corrected chi connectivity index (χ1v) is 18.6. The van der Waals surface area contributed by atoms with Gasteiger partial charge in [0.2, 0.25) is 0 Å². The number of fused-ring (bicyclic) bond motifs is 4. The van der Waals surface area contributed by atoms with Gasteiger partial charge < -0.3 is 9.67 Å². The molecule has 0 fully saturated rings. The first-order chi connectivity index (χ1) is 25.8. The van der Waals surface area contributed by atoms with Crippen molar-refractivity contribution in [1.29, 1.82) is 0 Å². The van der Waals surface area contributed by atoms with Crippen LogP contribution < -0.4 is 0 Å². The molecule has 2 heterocycles. The number of aromatic hydroxyl groups is 1. The lowest BCUT2D eigenvalue weighted by Gasteiger charge is -2.27. The van der Waals surface area contributed by atoms with Crippen LogP contribution in [0.4, 0.5) is 0 Å². The predicted octanol–water partition coefficient (Wildman–Crippen LogP) is 12.7. The summed E-state index contributed by atoms with van der Waals surface area (Å²) in [6, 6.07) is 44.9. The molecular weight excluding hydrogens is 661 g/mol. The van der Waals surface area contributed by atoms with Crippen molar-refractivity contribution in [2.75, 3.05) is 0 Å². The third-order valence-electron chi connectivity index (χ3n) is 10.5. The fourth-order valence-corrected chi connectivity index (χ4v) is 7.66. The van der Waals surface area contributed by atoms with Crippen molar-refractivity contribution in [2.24, 2.45) is 4.99 Å². The molecule has 1 N–H and O–H groups in total. The lowest BCUT2D eigenvalue weighted by molar-refractivity contribution is 0.446. The zero-order valence-corrected chi connectivity index (χ0v) is 32.1. The molecule has 8 aromatic rings. The second-order valence-electron chi connectivity index (χ2n) is 16.2. The van der Waals surface area contributed by atoms with Gasteiger partial charge in [0.05, 0.1) is 27.6 Å². The molecule has 0 unspecified atom stereocenters. The fraction of sp³-hybridized carbons (Fsp3) is 0.184. The third-order valence-corrected chi connectivity index (χ3v) is 10.5. The number of para-hydroxylation sites is 3. The molecule has 0 saturated heterocycles. The van der Waals surface area contributed by atoms with Gasteiger partial charge in [-0.05, 0) is 83.0 Å². The van der Waals surface area contributed by atoms with E-state index in [1.807, 2.05) is 6.92 Å². The van der Waals surface area contributed by atoms with Crippen LogP contribution >= 0.6 is 0 Å². The minimum absolute atomic E-state index is 0.161. The van der Waals surface area contributed by atoms with E-state index >= 15 is 0 Å². The summed E-state index contributed by atoms with van der Waals surface area (Å²) in [5.74, 6) is 0.945. The van der Waals surface area contributed by atoms with Gasteiger partial charge in [0.25, 0.3) is 0 Å². The topological polar surface area (TPSA) is 55.3 Å². The highest BCUT2D eigenvalue weighted by Gasteiger charge is 2.29. The Hall–Kier alpha value is -6.20. The third kappa shape index (κ3) is 5.90. The molecule has 0 spiro atoms. The van der Waals surface area contributed by atoms with E-state index in [9.17, 15) is 5.11 Å². The molecule has 54 heavy (non-hydrogen) atoms. The molecule has 5 heteroatoms. The Morgan fingerprint density at radius 1 is 0.648 bits per heavy atom. The number of benzene rings is 6. The van der Waals surface area contributed by atoms with Crippen molar-refractivity contribution in [1.82, 2.24) is 14.1 Å². The minimum Gasteiger partial charge on any atom is -0.507 e. The van der Waals surface area contributed by atoms with Crippen LogP contribution in [0, 0.1) is 0 Å². The molecular formula is C49H46N4O. The molecule has 0 saturated carbocycles. The Bertz CT molecular complexity index is 2770. The van der Waals surface area contributed by atoms with Crippen molar-refractivity contribution in [2.45, 2.75) is 59.3 Å². The van der Waals surface area contributed by atoms with Gasteiger partial charge >= 0.3 is 0 Å². The highest BCUT2D eigenvalue weighted by molar-refractivity contribution is 6.10. The lowest BCUT2D eigenvalue weighted by Crippen LogP contribution is -2.17. The summed E-state index contributed by atoms with van der Waals surface area (Å²) in [5, 5.41) is 14.6. The number of nitrogens with zero attached hydrogens (tertiary/aromatic N) is 4. The van der Waals surface area contributed by atoms with Crippen LogP contribution in [0.1, 0.15) is 65.2 Å². The Kier molecular flexibility index (Phi) is 8.41. The van der Waals surface area contributed by atoms with E-state index < -0.39 is 0 Å². The van der Waals surface area contributed by atoms with E-state index in [1.54, 1.807) is 6.20 Å². The van der Waals surface area contributed by atoms with Crippen molar-refractivity contribution in [3.63, 3.8) is 0 Å². The summed E-state index contributed by atoms with van der Waals surface area (Å²) in [5.41, 5.74) is 12.3. The van der Waals surface area contributed by atoms with Crippen LogP contribution in [-0.2, 0) is 10.8 Å². The molecule has 0 aliphatic heterocycles. The summed E-state index contributed by atoms with van der Waals surface area (Å²) in [4.78, 5) is 9.96. The van der Waals surface area contributed by atoms with Gasteiger partial charge in [-0.1, -0.05) is 127 Å². The maximum atomic E-state index is 12.3. The van der Waals surface area contributed by atoms with E-state index in [-0.39, 0.29) is 16.6 Å². The summed E-state index contributed by atoms with van der Waals surface area (Å²) in [7, 11) is 0. The molecule has 0 radical (unpaired) electrons. The van der Waals surface area contributed by atoms with Gasteiger partial charge in [0.15, 0.2) is 0 Å². The maximum absolute atomic E-state index is 12.3. The zero-order chi connectivity index (χ0) is 37.9. The van der Waals surface area contributed by atoms with Gasteiger partial charge in [-0.15, -0.1) is 0 Å². The first-order valence-electron chi connectivity index (χ1n) is 18.6.